The molecule has 0 aromatic heterocycles. The third kappa shape index (κ3) is 5.95. The Hall–Kier alpha value is -2.63. The highest BCUT2D eigenvalue weighted by Crippen LogP contribution is 2.47. The van der Waals surface area contributed by atoms with Gasteiger partial charge in [0.05, 0.1) is 4.75 Å². The summed E-state index contributed by atoms with van der Waals surface area (Å²) in [5, 5.41) is 8.57. The van der Waals surface area contributed by atoms with E-state index in [2.05, 4.69) is 27.3 Å². The summed E-state index contributed by atoms with van der Waals surface area (Å²) in [5.41, 5.74) is -2.04. The summed E-state index contributed by atoms with van der Waals surface area (Å²) in [4.78, 5) is 54.6. The smallest absolute Gasteiger partial charge is 0.315 e. The van der Waals surface area contributed by atoms with Crippen molar-refractivity contribution in [2.24, 2.45) is 11.3 Å². The van der Waals surface area contributed by atoms with Gasteiger partial charge >= 0.3 is 6.03 Å². The lowest BCUT2D eigenvalue weighted by atomic mass is 9.85. The minimum atomic E-state index is -3.88. The second-order valence-corrected chi connectivity index (χ2v) is 15.2. The lowest BCUT2D eigenvalue weighted by molar-refractivity contribution is -0.142. The molecule has 3 aliphatic carbocycles. The van der Waals surface area contributed by atoms with Gasteiger partial charge in [0.2, 0.25) is 21.8 Å². The first kappa shape index (κ1) is 29.4. The third-order valence-electron chi connectivity index (χ3n) is 8.80. The predicted octanol–water partition coefficient (Wildman–Crippen LogP) is 1.69. The van der Waals surface area contributed by atoms with Crippen LogP contribution >= 0.6 is 0 Å². The third-order valence-corrected chi connectivity index (χ3v) is 11.0. The zero-order valence-corrected chi connectivity index (χ0v) is 24.3. The number of likely N-dealkylation sites (tertiary alicyclic amines) is 1. The molecule has 4 atom stereocenters. The highest BCUT2D eigenvalue weighted by atomic mass is 32.2. The molecule has 0 spiro atoms. The summed E-state index contributed by atoms with van der Waals surface area (Å²) >= 11 is 0. The summed E-state index contributed by atoms with van der Waals surface area (Å²) < 4.78 is 26.6. The summed E-state index contributed by atoms with van der Waals surface area (Å²) in [6.45, 7) is 11.2. The maximum Gasteiger partial charge on any atom is 0.315 e. The lowest BCUT2D eigenvalue weighted by Gasteiger charge is -2.36. The van der Waals surface area contributed by atoms with Crippen molar-refractivity contribution in [3.8, 4) is 0 Å². The molecule has 0 aromatic carbocycles. The van der Waals surface area contributed by atoms with E-state index in [1.54, 1.807) is 6.92 Å². The number of carbonyl (C=O) groups is 4. The van der Waals surface area contributed by atoms with E-state index >= 15 is 0 Å². The van der Waals surface area contributed by atoms with Crippen LogP contribution in [0.1, 0.15) is 85.5 Å². The maximum atomic E-state index is 13.7. The van der Waals surface area contributed by atoms with Crippen molar-refractivity contribution >= 4 is 33.8 Å². The van der Waals surface area contributed by atoms with Crippen molar-refractivity contribution in [2.45, 2.75) is 114 Å². The number of sulfonamides is 1. The number of nitrogens with zero attached hydrogens (tertiary/aromatic N) is 1. The van der Waals surface area contributed by atoms with Crippen LogP contribution in [0.3, 0.4) is 0 Å². The van der Waals surface area contributed by atoms with Gasteiger partial charge in [-0.2, -0.15) is 0 Å². The van der Waals surface area contributed by atoms with Crippen LogP contribution in [0.4, 0.5) is 4.79 Å². The lowest BCUT2D eigenvalue weighted by Crippen LogP contribution is -2.61. The maximum absolute atomic E-state index is 13.7. The average molecular weight is 566 g/mol. The van der Waals surface area contributed by atoms with Gasteiger partial charge in [-0.3, -0.25) is 19.1 Å². The Labute approximate surface area is 231 Å². The normalized spacial score (nSPS) is 28.8. The van der Waals surface area contributed by atoms with E-state index in [1.165, 1.54) is 11.0 Å². The molecular formula is C27H43N5O6S. The SMILES string of the molecule is C=C[C@@H]1C[C@]1(NC(=O)[C@@H]1CCCN1C(=O)[C@@H](NC(=O)NC1CCCC1)C(C)(C)C)C(=O)NS(=O)(=O)C1(C)CC1. The Morgan fingerprint density at radius 1 is 1.05 bits per heavy atom. The van der Waals surface area contributed by atoms with Crippen LogP contribution in [0.25, 0.3) is 0 Å². The van der Waals surface area contributed by atoms with Crippen molar-refractivity contribution in [3.63, 3.8) is 0 Å². The molecule has 39 heavy (non-hydrogen) atoms. The summed E-state index contributed by atoms with van der Waals surface area (Å²) in [6, 6.07) is -2.01. The molecular weight excluding hydrogens is 522 g/mol. The molecule has 5 amide bonds. The topological polar surface area (TPSA) is 154 Å². The summed E-state index contributed by atoms with van der Waals surface area (Å²) in [6.07, 6.45) is 7.65. The largest absolute Gasteiger partial charge is 0.339 e. The molecule has 4 rings (SSSR count). The molecule has 4 N–H and O–H groups in total. The van der Waals surface area contributed by atoms with Gasteiger partial charge in [0.25, 0.3) is 5.91 Å². The van der Waals surface area contributed by atoms with Crippen LogP contribution in [-0.2, 0) is 24.4 Å². The van der Waals surface area contributed by atoms with Crippen molar-refractivity contribution in [1.29, 1.82) is 0 Å². The van der Waals surface area contributed by atoms with E-state index in [0.717, 1.165) is 25.7 Å². The first-order valence-electron chi connectivity index (χ1n) is 14.0. The second-order valence-electron chi connectivity index (χ2n) is 13.0. The van der Waals surface area contributed by atoms with Crippen molar-refractivity contribution in [1.82, 2.24) is 25.6 Å². The fraction of sp³-hybridized carbons (Fsp3) is 0.778. The Bertz CT molecular complexity index is 1140. The predicted molar refractivity (Wildman–Crippen MR) is 146 cm³/mol. The second kappa shape index (κ2) is 10.4. The van der Waals surface area contributed by atoms with Crippen LogP contribution < -0.4 is 20.7 Å². The molecule has 1 saturated heterocycles. The molecule has 4 aliphatic rings. The fourth-order valence-corrected chi connectivity index (χ4v) is 6.98. The number of rotatable bonds is 9. The average Bonchev–Trinajstić information content (AvgIpc) is 3.59. The molecule has 1 heterocycles. The standard InChI is InChI=1S/C27H43N5O6S/c1-6-17-16-27(17,23(35)31-39(37,38)26(5)13-14-26)30-21(33)19-12-9-15-32(19)22(34)20(25(2,3)4)29-24(36)28-18-10-7-8-11-18/h6,17-20H,1,7-16H2,2-5H3,(H,30,33)(H,31,35)(H2,28,29,36)/t17-,19+,20-,27-/m1/s1. The van der Waals surface area contributed by atoms with Crippen LogP contribution in [0.2, 0.25) is 0 Å². The number of nitrogens with one attached hydrogen (secondary N) is 4. The Morgan fingerprint density at radius 2 is 1.69 bits per heavy atom. The molecule has 11 nitrogen and oxygen atoms in total. The minimum Gasteiger partial charge on any atom is -0.339 e. The van der Waals surface area contributed by atoms with Crippen LogP contribution in [0, 0.1) is 11.3 Å². The zero-order chi connectivity index (χ0) is 28.8. The highest BCUT2D eigenvalue weighted by Gasteiger charge is 2.62. The quantitative estimate of drug-likeness (QED) is 0.312. The number of carbonyl (C=O) groups excluding carboxylic acids is 4. The van der Waals surface area contributed by atoms with Crippen LogP contribution in [0.15, 0.2) is 12.7 Å². The van der Waals surface area contributed by atoms with Gasteiger partial charge in [-0.05, 0) is 57.3 Å². The van der Waals surface area contributed by atoms with E-state index in [9.17, 15) is 27.6 Å². The number of urea groups is 1. The molecule has 3 saturated carbocycles. The van der Waals surface area contributed by atoms with Gasteiger partial charge in [0.1, 0.15) is 17.6 Å². The van der Waals surface area contributed by atoms with Crippen molar-refractivity contribution < 1.29 is 27.6 Å². The molecule has 12 heteroatoms. The molecule has 4 fully saturated rings. The van der Waals surface area contributed by atoms with Crippen LogP contribution in [-0.4, -0.2) is 72.0 Å². The number of hydrogen-bond donors (Lipinski definition) is 4. The molecule has 0 unspecified atom stereocenters. The van der Waals surface area contributed by atoms with E-state index < -0.39 is 61.6 Å². The van der Waals surface area contributed by atoms with Gasteiger partial charge < -0.3 is 20.9 Å². The summed E-state index contributed by atoms with van der Waals surface area (Å²) in [7, 11) is -3.88. The Kier molecular flexibility index (Phi) is 7.83. The number of amides is 5. The van der Waals surface area contributed by atoms with Crippen molar-refractivity contribution in [3.05, 3.63) is 12.7 Å². The van der Waals surface area contributed by atoms with Crippen molar-refractivity contribution in [2.75, 3.05) is 6.54 Å². The summed E-state index contributed by atoms with van der Waals surface area (Å²) in [5.74, 6) is -2.07. The van der Waals surface area contributed by atoms with Gasteiger partial charge in [-0.15, -0.1) is 6.58 Å². The van der Waals surface area contributed by atoms with E-state index in [4.69, 9.17) is 0 Å². The number of hydrogen-bond acceptors (Lipinski definition) is 6. The minimum absolute atomic E-state index is 0.0935. The van der Waals surface area contributed by atoms with E-state index in [1.807, 2.05) is 20.8 Å². The zero-order valence-electron chi connectivity index (χ0n) is 23.5. The highest BCUT2D eigenvalue weighted by molar-refractivity contribution is 7.91. The monoisotopic (exact) mass is 565 g/mol. The van der Waals surface area contributed by atoms with E-state index in [-0.39, 0.29) is 18.4 Å². The first-order valence-corrected chi connectivity index (χ1v) is 15.5. The molecule has 0 radical (unpaired) electrons. The van der Waals surface area contributed by atoms with Gasteiger partial charge in [-0.1, -0.05) is 39.7 Å². The van der Waals surface area contributed by atoms with Crippen LogP contribution in [0.5, 0.6) is 0 Å². The van der Waals surface area contributed by atoms with Gasteiger partial charge in [0, 0.05) is 18.5 Å². The Morgan fingerprint density at radius 3 is 2.23 bits per heavy atom. The molecule has 1 aliphatic heterocycles. The van der Waals surface area contributed by atoms with Gasteiger partial charge in [0.15, 0.2) is 0 Å². The van der Waals surface area contributed by atoms with E-state index in [0.29, 0.717) is 32.2 Å². The molecule has 0 aromatic rings. The molecule has 0 bridgehead atoms. The molecule has 218 valence electrons. The fourth-order valence-electron chi connectivity index (χ4n) is 5.66. The van der Waals surface area contributed by atoms with Gasteiger partial charge in [-0.25, -0.2) is 13.2 Å². The first-order chi connectivity index (χ1) is 18.1. The Balaban J connectivity index is 1.45.